The summed E-state index contributed by atoms with van der Waals surface area (Å²) in [7, 11) is 0. The van der Waals surface area contributed by atoms with Crippen LogP contribution in [0.2, 0.25) is 5.02 Å². The highest BCUT2D eigenvalue weighted by molar-refractivity contribution is 6.32. The number of carbonyl (C=O) groups is 2. The van der Waals surface area contributed by atoms with Crippen molar-refractivity contribution in [3.05, 3.63) is 34.9 Å². The summed E-state index contributed by atoms with van der Waals surface area (Å²) in [6.45, 7) is 2.17. The quantitative estimate of drug-likeness (QED) is 0.490. The van der Waals surface area contributed by atoms with Crippen molar-refractivity contribution in [3.63, 3.8) is 0 Å². The minimum atomic E-state index is -0.268. The average Bonchev–Trinajstić information content (AvgIpc) is 3.43. The number of hydrazone groups is 1. The van der Waals surface area contributed by atoms with Crippen molar-refractivity contribution in [2.75, 3.05) is 6.61 Å². The number of ether oxygens (including phenoxy) is 1. The molecule has 1 heterocycles. The van der Waals surface area contributed by atoms with Crippen LogP contribution in [0.4, 0.5) is 0 Å². The van der Waals surface area contributed by atoms with Crippen molar-refractivity contribution in [1.29, 1.82) is 0 Å². The molecule has 7 heteroatoms. The SMILES string of the molecule is CCOc1cc(/C=N\N2C(=O)[C@@H]3[C@@H]4C=C[C@H]([C@H]5C[C@@H]45)[C@@H]3C2=O)cc(Cl)c1O. The monoisotopic (exact) mass is 386 g/mol. The molecule has 6 rings (SSSR count). The fourth-order valence-electron chi connectivity index (χ4n) is 5.11. The number of phenolic OH excluding ortho intramolecular Hbond substituents is 1. The van der Waals surface area contributed by atoms with Crippen LogP contribution in [0.1, 0.15) is 18.9 Å². The normalized spacial score (nSPS) is 35.7. The molecule has 1 aromatic rings. The number of hydrogen-bond donors (Lipinski definition) is 1. The summed E-state index contributed by atoms with van der Waals surface area (Å²) in [6.07, 6.45) is 6.81. The Morgan fingerprint density at radius 1 is 1.22 bits per heavy atom. The van der Waals surface area contributed by atoms with Gasteiger partial charge in [-0.15, -0.1) is 0 Å². The van der Waals surface area contributed by atoms with Gasteiger partial charge in [-0.25, -0.2) is 0 Å². The molecule has 1 aromatic carbocycles. The summed E-state index contributed by atoms with van der Waals surface area (Å²) in [4.78, 5) is 25.8. The third-order valence-corrected chi connectivity index (χ3v) is 6.60. The maximum Gasteiger partial charge on any atom is 0.254 e. The van der Waals surface area contributed by atoms with E-state index >= 15 is 0 Å². The molecule has 0 radical (unpaired) electrons. The lowest BCUT2D eigenvalue weighted by Crippen LogP contribution is -2.40. The number of aromatic hydroxyl groups is 1. The number of nitrogens with zero attached hydrogens (tertiary/aromatic N) is 2. The number of allylic oxidation sites excluding steroid dienone is 2. The minimum absolute atomic E-state index is 0.123. The lowest BCUT2D eigenvalue weighted by Gasteiger charge is -2.37. The first kappa shape index (κ1) is 16.8. The lowest BCUT2D eigenvalue weighted by molar-refractivity contribution is -0.140. The maximum atomic E-state index is 12.9. The highest BCUT2D eigenvalue weighted by Crippen LogP contribution is 2.65. The molecule has 2 bridgehead atoms. The van der Waals surface area contributed by atoms with E-state index < -0.39 is 0 Å². The number of halogens is 1. The molecule has 1 N–H and O–H groups in total. The van der Waals surface area contributed by atoms with Crippen LogP contribution < -0.4 is 4.74 Å². The Balaban J connectivity index is 1.42. The minimum Gasteiger partial charge on any atom is -0.503 e. The number of amides is 2. The Bertz CT molecular complexity index is 875. The highest BCUT2D eigenvalue weighted by atomic mass is 35.5. The highest BCUT2D eigenvalue weighted by Gasteiger charge is 2.67. The zero-order valence-corrected chi connectivity index (χ0v) is 15.5. The number of hydrogen-bond acceptors (Lipinski definition) is 5. The first-order valence-electron chi connectivity index (χ1n) is 9.26. The first-order valence-corrected chi connectivity index (χ1v) is 9.64. The summed E-state index contributed by atoms with van der Waals surface area (Å²) in [5, 5.41) is 15.2. The van der Waals surface area contributed by atoms with Crippen LogP contribution in [-0.4, -0.2) is 34.8 Å². The van der Waals surface area contributed by atoms with Crippen LogP contribution in [0.5, 0.6) is 11.5 Å². The van der Waals surface area contributed by atoms with E-state index in [1.54, 1.807) is 13.0 Å². The number of imide groups is 1. The molecule has 6 atom stereocenters. The molecule has 140 valence electrons. The largest absolute Gasteiger partial charge is 0.503 e. The first-order chi connectivity index (χ1) is 13.0. The fraction of sp³-hybridized carbons (Fsp3) is 0.450. The molecule has 2 saturated carbocycles. The van der Waals surface area contributed by atoms with Crippen LogP contribution in [0.25, 0.3) is 0 Å². The molecule has 0 aromatic heterocycles. The van der Waals surface area contributed by atoms with Gasteiger partial charge in [0.2, 0.25) is 0 Å². The van der Waals surface area contributed by atoms with Crippen LogP contribution in [0.15, 0.2) is 29.4 Å². The standard InChI is InChI=1S/C20H19ClN2O4/c1-2-27-15-6-9(5-14(21)18(15)24)8-22-23-19(25)16-10-3-4-11(13-7-12(10)13)17(16)20(23)26/h3-6,8,10-13,16-17,24H,2,7H2,1H3/b22-8-/t10-,11-,12-,13+,16+,17-/m1/s1. The van der Waals surface area contributed by atoms with Crippen LogP contribution >= 0.6 is 11.6 Å². The van der Waals surface area contributed by atoms with Gasteiger partial charge in [-0.05, 0) is 54.7 Å². The van der Waals surface area contributed by atoms with Crippen molar-refractivity contribution in [2.24, 2.45) is 40.6 Å². The number of carbonyl (C=O) groups excluding carboxylic acids is 2. The van der Waals surface area contributed by atoms with Crippen LogP contribution in [0.3, 0.4) is 0 Å². The Hall–Kier alpha value is -2.34. The van der Waals surface area contributed by atoms with Crippen LogP contribution in [-0.2, 0) is 9.59 Å². The second kappa shape index (κ2) is 5.83. The van der Waals surface area contributed by atoms with Gasteiger partial charge in [-0.2, -0.15) is 10.1 Å². The summed E-state index contributed by atoms with van der Waals surface area (Å²) >= 11 is 6.03. The number of benzene rings is 1. The second-order valence-corrected chi connectivity index (χ2v) is 8.08. The molecule has 0 spiro atoms. The Labute approximate surface area is 161 Å². The van der Waals surface area contributed by atoms with E-state index in [1.807, 2.05) is 0 Å². The molecular formula is C20H19ClN2O4. The fourth-order valence-corrected chi connectivity index (χ4v) is 5.33. The Morgan fingerprint density at radius 3 is 2.44 bits per heavy atom. The number of phenols is 1. The molecule has 4 aliphatic carbocycles. The molecule has 1 aliphatic heterocycles. The summed E-state index contributed by atoms with van der Waals surface area (Å²) in [5.41, 5.74) is 0.542. The van der Waals surface area contributed by atoms with Gasteiger partial charge in [0, 0.05) is 0 Å². The van der Waals surface area contributed by atoms with Gasteiger partial charge < -0.3 is 9.84 Å². The van der Waals surface area contributed by atoms with Gasteiger partial charge in [-0.3, -0.25) is 9.59 Å². The molecule has 0 unspecified atom stereocenters. The van der Waals surface area contributed by atoms with E-state index in [2.05, 4.69) is 17.3 Å². The number of rotatable bonds is 4. The van der Waals surface area contributed by atoms with Crippen molar-refractivity contribution >= 4 is 29.6 Å². The average molecular weight is 387 g/mol. The van der Waals surface area contributed by atoms with Crippen molar-refractivity contribution < 1.29 is 19.4 Å². The van der Waals surface area contributed by atoms with Gasteiger partial charge in [0.05, 0.1) is 29.7 Å². The molecule has 6 nitrogen and oxygen atoms in total. The molecule has 2 amide bonds. The summed E-state index contributed by atoms with van der Waals surface area (Å²) < 4.78 is 5.35. The van der Waals surface area contributed by atoms with Crippen molar-refractivity contribution in [3.8, 4) is 11.5 Å². The third kappa shape index (κ3) is 2.35. The zero-order valence-electron chi connectivity index (χ0n) is 14.7. The molecule has 5 aliphatic rings. The molecule has 3 fully saturated rings. The van der Waals surface area contributed by atoms with E-state index in [0.29, 0.717) is 24.0 Å². The smallest absolute Gasteiger partial charge is 0.254 e. The van der Waals surface area contributed by atoms with Gasteiger partial charge >= 0.3 is 0 Å². The zero-order chi connectivity index (χ0) is 18.9. The predicted molar refractivity (Wildman–Crippen MR) is 98.4 cm³/mol. The van der Waals surface area contributed by atoms with E-state index in [4.69, 9.17) is 16.3 Å². The lowest BCUT2D eigenvalue weighted by atomic mass is 9.63. The predicted octanol–water partition coefficient (Wildman–Crippen LogP) is 2.83. The van der Waals surface area contributed by atoms with E-state index in [0.717, 1.165) is 11.4 Å². The summed E-state index contributed by atoms with van der Waals surface area (Å²) in [5.74, 6) is 0.619. The van der Waals surface area contributed by atoms with Gasteiger partial charge in [0.1, 0.15) is 0 Å². The molecular weight excluding hydrogens is 368 g/mol. The van der Waals surface area contributed by atoms with E-state index in [1.165, 1.54) is 12.3 Å². The van der Waals surface area contributed by atoms with Gasteiger partial charge in [0.25, 0.3) is 11.8 Å². The van der Waals surface area contributed by atoms with Gasteiger partial charge in [0.15, 0.2) is 11.5 Å². The third-order valence-electron chi connectivity index (χ3n) is 6.31. The maximum absolute atomic E-state index is 12.9. The Morgan fingerprint density at radius 2 is 1.85 bits per heavy atom. The molecule has 1 saturated heterocycles. The van der Waals surface area contributed by atoms with E-state index in [-0.39, 0.29) is 52.0 Å². The second-order valence-electron chi connectivity index (χ2n) is 7.67. The van der Waals surface area contributed by atoms with Gasteiger partial charge in [-0.1, -0.05) is 23.8 Å². The van der Waals surface area contributed by atoms with Crippen molar-refractivity contribution in [2.45, 2.75) is 13.3 Å². The van der Waals surface area contributed by atoms with Crippen LogP contribution in [0, 0.1) is 35.5 Å². The summed E-state index contributed by atoms with van der Waals surface area (Å²) in [6, 6.07) is 3.09. The van der Waals surface area contributed by atoms with E-state index in [9.17, 15) is 14.7 Å². The molecule has 27 heavy (non-hydrogen) atoms. The topological polar surface area (TPSA) is 79.2 Å². The van der Waals surface area contributed by atoms with Crippen molar-refractivity contribution in [1.82, 2.24) is 5.01 Å². The Kier molecular flexibility index (Phi) is 3.63.